The maximum atomic E-state index is 9.96. The first-order valence-corrected chi connectivity index (χ1v) is 16.5. The molecule has 0 saturated heterocycles. The standard InChI is InChI=1S/C36H53N3/c1-3-5-7-9-11-23-36(28-37)24-21-32(22-25-36)30-17-19-33(20-18-30)35-38-26-34(27-39-35)31-15-13-29(14-16-31)12-10-8-6-4-2/h17-20,26-27,29,31-32H,3-16,21-25H2,1-2H3/t29-,31-,32-,36-. The van der Waals surface area contributed by atoms with E-state index in [2.05, 4.69) is 56.6 Å². The van der Waals surface area contributed by atoms with E-state index in [0.29, 0.717) is 11.8 Å². The first kappa shape index (κ1) is 29.8. The van der Waals surface area contributed by atoms with Gasteiger partial charge in [-0.25, -0.2) is 9.97 Å². The Kier molecular flexibility index (Phi) is 11.9. The SMILES string of the molecule is CCCCCCC[C@]1(C#N)CC[C@H](c2ccc(-c3ncc([C@H]4CC[C@H](CCCCCC)CC4)cn3)cc2)CC1. The minimum atomic E-state index is -0.0773. The second kappa shape index (κ2) is 15.5. The second-order valence-electron chi connectivity index (χ2n) is 12.9. The van der Waals surface area contributed by atoms with Crippen LogP contribution >= 0.6 is 0 Å². The van der Waals surface area contributed by atoms with Crippen molar-refractivity contribution in [3.05, 3.63) is 47.8 Å². The van der Waals surface area contributed by atoms with E-state index < -0.39 is 0 Å². The van der Waals surface area contributed by atoms with E-state index in [1.807, 2.05) is 0 Å². The molecule has 39 heavy (non-hydrogen) atoms. The van der Waals surface area contributed by atoms with Crippen LogP contribution in [-0.4, -0.2) is 9.97 Å². The lowest BCUT2D eigenvalue weighted by Gasteiger charge is -2.35. The molecule has 2 aliphatic rings. The van der Waals surface area contributed by atoms with E-state index in [-0.39, 0.29) is 5.41 Å². The summed E-state index contributed by atoms with van der Waals surface area (Å²) in [5.41, 5.74) is 3.77. The van der Waals surface area contributed by atoms with Gasteiger partial charge in [-0.15, -0.1) is 0 Å². The highest BCUT2D eigenvalue weighted by Crippen LogP contribution is 2.46. The minimum absolute atomic E-state index is 0.0773. The molecule has 0 atom stereocenters. The summed E-state index contributed by atoms with van der Waals surface area (Å²) in [5, 5.41) is 9.96. The molecule has 0 amide bonds. The van der Waals surface area contributed by atoms with Gasteiger partial charge in [-0.1, -0.05) is 102 Å². The molecule has 0 N–H and O–H groups in total. The van der Waals surface area contributed by atoms with Gasteiger partial charge in [-0.2, -0.15) is 5.26 Å². The Morgan fingerprint density at radius 1 is 0.718 bits per heavy atom. The first-order valence-electron chi connectivity index (χ1n) is 16.5. The van der Waals surface area contributed by atoms with Crippen LogP contribution in [0.2, 0.25) is 0 Å². The summed E-state index contributed by atoms with van der Waals surface area (Å²) in [6.45, 7) is 4.55. The molecular formula is C36H53N3. The van der Waals surface area contributed by atoms with Gasteiger partial charge < -0.3 is 0 Å². The van der Waals surface area contributed by atoms with Gasteiger partial charge in [-0.3, -0.25) is 0 Å². The Balaban J connectivity index is 1.24. The van der Waals surface area contributed by atoms with Crippen LogP contribution in [0.15, 0.2) is 36.7 Å². The maximum Gasteiger partial charge on any atom is 0.159 e. The Bertz CT molecular complexity index is 987. The molecule has 3 nitrogen and oxygen atoms in total. The van der Waals surface area contributed by atoms with Crippen molar-refractivity contribution in [3.8, 4) is 17.5 Å². The average Bonchev–Trinajstić information content (AvgIpc) is 3.00. The smallest absolute Gasteiger partial charge is 0.159 e. The van der Waals surface area contributed by atoms with Gasteiger partial charge in [0.15, 0.2) is 5.82 Å². The van der Waals surface area contributed by atoms with Crippen LogP contribution in [0, 0.1) is 22.7 Å². The van der Waals surface area contributed by atoms with Gasteiger partial charge >= 0.3 is 0 Å². The fourth-order valence-electron chi connectivity index (χ4n) is 7.23. The number of nitriles is 1. The molecular weight excluding hydrogens is 474 g/mol. The highest BCUT2D eigenvalue weighted by molar-refractivity contribution is 5.55. The predicted octanol–water partition coefficient (Wildman–Crippen LogP) is 10.9. The van der Waals surface area contributed by atoms with Gasteiger partial charge in [0.1, 0.15) is 0 Å². The van der Waals surface area contributed by atoms with Crippen molar-refractivity contribution in [2.24, 2.45) is 11.3 Å². The average molecular weight is 528 g/mol. The lowest BCUT2D eigenvalue weighted by Crippen LogP contribution is -2.25. The van der Waals surface area contributed by atoms with Crippen molar-refractivity contribution in [1.29, 1.82) is 5.26 Å². The predicted molar refractivity (Wildman–Crippen MR) is 164 cm³/mol. The summed E-state index contributed by atoms with van der Waals surface area (Å²) in [5.74, 6) is 2.99. The third-order valence-corrected chi connectivity index (χ3v) is 10.0. The molecule has 0 bridgehead atoms. The monoisotopic (exact) mass is 527 g/mol. The topological polar surface area (TPSA) is 49.6 Å². The molecule has 2 fully saturated rings. The third-order valence-electron chi connectivity index (χ3n) is 10.0. The third kappa shape index (κ3) is 8.64. The Morgan fingerprint density at radius 3 is 1.92 bits per heavy atom. The molecule has 1 heterocycles. The van der Waals surface area contributed by atoms with Crippen molar-refractivity contribution in [2.45, 2.75) is 148 Å². The van der Waals surface area contributed by atoms with E-state index in [1.165, 1.54) is 101 Å². The van der Waals surface area contributed by atoms with E-state index in [4.69, 9.17) is 9.97 Å². The van der Waals surface area contributed by atoms with Gasteiger partial charge in [-0.05, 0) is 86.7 Å². The Hall–Kier alpha value is -2.21. The number of rotatable bonds is 14. The first-order chi connectivity index (χ1) is 19.2. The quantitative estimate of drug-likeness (QED) is 0.229. The van der Waals surface area contributed by atoms with Crippen LogP contribution in [-0.2, 0) is 0 Å². The van der Waals surface area contributed by atoms with Crippen molar-refractivity contribution in [3.63, 3.8) is 0 Å². The van der Waals surface area contributed by atoms with Gasteiger partial charge in [0.25, 0.3) is 0 Å². The molecule has 0 radical (unpaired) electrons. The molecule has 212 valence electrons. The second-order valence-corrected chi connectivity index (χ2v) is 12.9. The molecule has 0 spiro atoms. The molecule has 4 rings (SSSR count). The summed E-state index contributed by atoms with van der Waals surface area (Å²) in [6.07, 6.45) is 28.4. The zero-order valence-electron chi connectivity index (χ0n) is 25.0. The molecule has 0 unspecified atom stereocenters. The summed E-state index contributed by atoms with van der Waals surface area (Å²) in [6, 6.07) is 11.7. The van der Waals surface area contributed by atoms with Crippen molar-refractivity contribution >= 4 is 0 Å². The molecule has 1 aromatic heterocycles. The van der Waals surface area contributed by atoms with Gasteiger partial charge in [0.05, 0.1) is 11.5 Å². The van der Waals surface area contributed by atoms with E-state index in [9.17, 15) is 5.26 Å². The van der Waals surface area contributed by atoms with Gasteiger partial charge in [0, 0.05) is 18.0 Å². The van der Waals surface area contributed by atoms with Gasteiger partial charge in [0.2, 0.25) is 0 Å². The van der Waals surface area contributed by atoms with Crippen LogP contribution in [0.1, 0.15) is 159 Å². The number of hydrogen-bond acceptors (Lipinski definition) is 3. The van der Waals surface area contributed by atoms with Crippen LogP contribution in [0.25, 0.3) is 11.4 Å². The lowest BCUT2D eigenvalue weighted by atomic mass is 9.67. The molecule has 3 heteroatoms. The Morgan fingerprint density at radius 2 is 1.31 bits per heavy atom. The number of unbranched alkanes of at least 4 members (excludes halogenated alkanes) is 7. The van der Waals surface area contributed by atoms with E-state index in [1.54, 1.807) is 0 Å². The zero-order chi connectivity index (χ0) is 27.3. The molecule has 2 aromatic rings. The van der Waals surface area contributed by atoms with Crippen LogP contribution in [0.5, 0.6) is 0 Å². The van der Waals surface area contributed by atoms with Crippen molar-refractivity contribution in [2.75, 3.05) is 0 Å². The van der Waals surface area contributed by atoms with E-state index in [0.717, 1.165) is 49.4 Å². The van der Waals surface area contributed by atoms with Crippen LogP contribution in [0.3, 0.4) is 0 Å². The number of hydrogen-bond donors (Lipinski definition) is 0. The highest BCUT2D eigenvalue weighted by Gasteiger charge is 2.35. The zero-order valence-corrected chi connectivity index (χ0v) is 25.0. The largest absolute Gasteiger partial charge is 0.236 e. The molecule has 2 saturated carbocycles. The normalized spacial score (nSPS) is 25.3. The fourth-order valence-corrected chi connectivity index (χ4v) is 7.23. The van der Waals surface area contributed by atoms with Crippen LogP contribution in [0.4, 0.5) is 0 Å². The summed E-state index contributed by atoms with van der Waals surface area (Å²) in [7, 11) is 0. The Labute approximate surface area is 239 Å². The fraction of sp³-hybridized carbons (Fsp3) is 0.694. The summed E-state index contributed by atoms with van der Waals surface area (Å²) >= 11 is 0. The minimum Gasteiger partial charge on any atom is -0.236 e. The number of nitrogens with zero attached hydrogens (tertiary/aromatic N) is 3. The maximum absolute atomic E-state index is 9.96. The number of benzene rings is 1. The molecule has 2 aliphatic carbocycles. The van der Waals surface area contributed by atoms with Crippen molar-refractivity contribution in [1.82, 2.24) is 9.97 Å². The highest BCUT2D eigenvalue weighted by atomic mass is 14.9. The molecule has 0 aliphatic heterocycles. The lowest BCUT2D eigenvalue weighted by molar-refractivity contribution is 0.223. The molecule has 1 aromatic carbocycles. The van der Waals surface area contributed by atoms with E-state index >= 15 is 0 Å². The summed E-state index contributed by atoms with van der Waals surface area (Å²) in [4.78, 5) is 9.57. The summed E-state index contributed by atoms with van der Waals surface area (Å²) < 4.78 is 0. The number of aromatic nitrogens is 2. The van der Waals surface area contributed by atoms with Crippen molar-refractivity contribution < 1.29 is 0 Å². The van der Waals surface area contributed by atoms with Crippen LogP contribution < -0.4 is 0 Å².